The first-order chi connectivity index (χ1) is 13.6. The van der Waals surface area contributed by atoms with E-state index in [1.165, 1.54) is 0 Å². The van der Waals surface area contributed by atoms with Crippen molar-refractivity contribution in [3.63, 3.8) is 0 Å². The van der Waals surface area contributed by atoms with Crippen LogP contribution in [0.1, 0.15) is 27.6 Å². The average Bonchev–Trinajstić information content (AvgIpc) is 2.74. The van der Waals surface area contributed by atoms with Gasteiger partial charge in [0, 0.05) is 24.0 Å². The van der Waals surface area contributed by atoms with Crippen molar-refractivity contribution < 1.29 is 14.3 Å². The maximum atomic E-state index is 12.8. The lowest BCUT2D eigenvalue weighted by Gasteiger charge is -2.18. The number of rotatable bonds is 6. The van der Waals surface area contributed by atoms with Crippen LogP contribution in [0.5, 0.6) is 5.75 Å². The van der Waals surface area contributed by atoms with Crippen molar-refractivity contribution >= 4 is 23.2 Å². The fraction of sp³-hybridized carbons (Fsp3) is 0.130. The molecule has 0 aliphatic heterocycles. The third-order valence-electron chi connectivity index (χ3n) is 4.25. The monoisotopic (exact) mass is 374 g/mol. The second-order valence-electron chi connectivity index (χ2n) is 6.16. The van der Waals surface area contributed by atoms with Crippen LogP contribution < -0.4 is 15.0 Å². The number of hydrogen-bond donors (Lipinski definition) is 1. The molecular weight excluding hydrogens is 352 g/mol. The minimum atomic E-state index is -0.287. The second kappa shape index (κ2) is 8.86. The van der Waals surface area contributed by atoms with Gasteiger partial charge in [-0.1, -0.05) is 36.4 Å². The Kier molecular flexibility index (Phi) is 6.07. The van der Waals surface area contributed by atoms with Crippen LogP contribution in [0.15, 0.2) is 78.9 Å². The van der Waals surface area contributed by atoms with Gasteiger partial charge in [0.1, 0.15) is 5.75 Å². The molecule has 28 heavy (non-hydrogen) atoms. The van der Waals surface area contributed by atoms with E-state index in [1.807, 2.05) is 43.3 Å². The highest BCUT2D eigenvalue weighted by Crippen LogP contribution is 2.21. The molecule has 3 rings (SSSR count). The van der Waals surface area contributed by atoms with Gasteiger partial charge in [-0.05, 0) is 49.4 Å². The quantitative estimate of drug-likeness (QED) is 0.685. The van der Waals surface area contributed by atoms with E-state index in [-0.39, 0.29) is 11.8 Å². The Morgan fingerprint density at radius 2 is 1.64 bits per heavy atom. The zero-order chi connectivity index (χ0) is 19.9. The van der Waals surface area contributed by atoms with Gasteiger partial charge in [0.25, 0.3) is 11.8 Å². The molecule has 0 aromatic heterocycles. The summed E-state index contributed by atoms with van der Waals surface area (Å²) in [6.07, 6.45) is 0. The number of carbonyl (C=O) groups is 2. The Balaban J connectivity index is 1.78. The van der Waals surface area contributed by atoms with E-state index in [9.17, 15) is 9.59 Å². The van der Waals surface area contributed by atoms with Crippen LogP contribution in [-0.4, -0.2) is 25.5 Å². The average molecular weight is 374 g/mol. The van der Waals surface area contributed by atoms with Gasteiger partial charge in [0.2, 0.25) is 0 Å². The second-order valence-corrected chi connectivity index (χ2v) is 6.16. The number of nitrogens with one attached hydrogen (secondary N) is 1. The molecule has 0 bridgehead atoms. The molecule has 0 atom stereocenters. The molecule has 0 aliphatic rings. The van der Waals surface area contributed by atoms with E-state index in [0.717, 1.165) is 5.69 Å². The van der Waals surface area contributed by atoms with Gasteiger partial charge in [-0.2, -0.15) is 0 Å². The van der Waals surface area contributed by atoms with E-state index in [1.54, 1.807) is 54.4 Å². The first kappa shape index (κ1) is 19.2. The lowest BCUT2D eigenvalue weighted by molar-refractivity contribution is 0.0989. The van der Waals surface area contributed by atoms with Gasteiger partial charge < -0.3 is 15.0 Å². The molecule has 0 saturated carbocycles. The predicted octanol–water partition coefficient (Wildman–Crippen LogP) is 4.61. The van der Waals surface area contributed by atoms with Gasteiger partial charge in [-0.3, -0.25) is 9.59 Å². The Morgan fingerprint density at radius 1 is 0.929 bits per heavy atom. The molecule has 0 heterocycles. The maximum absolute atomic E-state index is 12.8. The molecular formula is C23H22N2O3. The summed E-state index contributed by atoms with van der Waals surface area (Å²) >= 11 is 0. The normalized spacial score (nSPS) is 10.2. The summed E-state index contributed by atoms with van der Waals surface area (Å²) in [5, 5.41) is 2.84. The number of hydrogen-bond acceptors (Lipinski definition) is 3. The Morgan fingerprint density at radius 3 is 2.39 bits per heavy atom. The molecule has 0 radical (unpaired) electrons. The Hall–Kier alpha value is -3.60. The third-order valence-corrected chi connectivity index (χ3v) is 4.25. The van der Waals surface area contributed by atoms with Crippen LogP contribution in [0.4, 0.5) is 11.4 Å². The molecule has 3 aromatic rings. The lowest BCUT2D eigenvalue weighted by Crippen LogP contribution is -2.26. The number of para-hydroxylation sites is 2. The van der Waals surface area contributed by atoms with Gasteiger partial charge >= 0.3 is 0 Å². The lowest BCUT2D eigenvalue weighted by atomic mass is 10.1. The topological polar surface area (TPSA) is 58.6 Å². The fourth-order valence-corrected chi connectivity index (χ4v) is 2.83. The summed E-state index contributed by atoms with van der Waals surface area (Å²) in [6, 6.07) is 23.4. The van der Waals surface area contributed by atoms with Crippen molar-refractivity contribution in [2.45, 2.75) is 6.92 Å². The van der Waals surface area contributed by atoms with E-state index < -0.39 is 0 Å². The van der Waals surface area contributed by atoms with Gasteiger partial charge in [-0.15, -0.1) is 0 Å². The van der Waals surface area contributed by atoms with Crippen molar-refractivity contribution in [1.29, 1.82) is 0 Å². The van der Waals surface area contributed by atoms with Crippen LogP contribution in [0, 0.1) is 0 Å². The molecule has 142 valence electrons. The SMILES string of the molecule is CCOc1ccccc1C(=O)Nc1cccc(C(=O)N(C)c2ccccc2)c1. The van der Waals surface area contributed by atoms with Gasteiger partial charge in [0.05, 0.1) is 12.2 Å². The highest BCUT2D eigenvalue weighted by Gasteiger charge is 2.16. The Bertz CT molecular complexity index is 970. The van der Waals surface area contributed by atoms with Crippen LogP contribution in [-0.2, 0) is 0 Å². The smallest absolute Gasteiger partial charge is 0.259 e. The summed E-state index contributed by atoms with van der Waals surface area (Å²) in [5.41, 5.74) is 2.28. The molecule has 0 aliphatic carbocycles. The van der Waals surface area contributed by atoms with Crippen molar-refractivity contribution in [2.24, 2.45) is 0 Å². The summed E-state index contributed by atoms with van der Waals surface area (Å²) in [4.78, 5) is 27.0. The fourth-order valence-electron chi connectivity index (χ4n) is 2.83. The number of amides is 2. The predicted molar refractivity (Wildman–Crippen MR) is 111 cm³/mol. The first-order valence-corrected chi connectivity index (χ1v) is 9.06. The zero-order valence-electron chi connectivity index (χ0n) is 15.9. The highest BCUT2D eigenvalue weighted by atomic mass is 16.5. The maximum Gasteiger partial charge on any atom is 0.259 e. The third kappa shape index (κ3) is 4.38. The molecule has 2 amide bonds. The standard InChI is InChI=1S/C23H22N2O3/c1-3-28-21-15-8-7-14-20(21)22(26)24-18-11-9-10-17(16-18)23(27)25(2)19-12-5-4-6-13-19/h4-16H,3H2,1-2H3,(H,24,26). The van der Waals surface area contributed by atoms with Gasteiger partial charge in [-0.25, -0.2) is 0 Å². The summed E-state index contributed by atoms with van der Waals surface area (Å²) < 4.78 is 5.52. The molecule has 0 unspecified atom stereocenters. The Labute approximate surface area is 164 Å². The van der Waals surface area contributed by atoms with Crippen LogP contribution >= 0.6 is 0 Å². The highest BCUT2D eigenvalue weighted by molar-refractivity contribution is 6.09. The van der Waals surface area contributed by atoms with Crippen LogP contribution in [0.25, 0.3) is 0 Å². The summed E-state index contributed by atoms with van der Waals surface area (Å²) in [5.74, 6) is 0.0839. The van der Waals surface area contributed by atoms with E-state index in [0.29, 0.717) is 29.2 Å². The molecule has 5 nitrogen and oxygen atoms in total. The molecule has 0 fully saturated rings. The first-order valence-electron chi connectivity index (χ1n) is 9.06. The van der Waals surface area contributed by atoms with E-state index >= 15 is 0 Å². The summed E-state index contributed by atoms with van der Waals surface area (Å²) in [6.45, 7) is 2.34. The largest absolute Gasteiger partial charge is 0.493 e. The van der Waals surface area contributed by atoms with Crippen LogP contribution in [0.2, 0.25) is 0 Å². The summed E-state index contributed by atoms with van der Waals surface area (Å²) in [7, 11) is 1.72. The molecule has 1 N–H and O–H groups in total. The number of benzene rings is 3. The molecule has 3 aromatic carbocycles. The number of ether oxygens (including phenoxy) is 1. The minimum absolute atomic E-state index is 0.156. The van der Waals surface area contributed by atoms with Gasteiger partial charge in [0.15, 0.2) is 0 Å². The van der Waals surface area contributed by atoms with Crippen molar-refractivity contribution in [3.05, 3.63) is 90.0 Å². The van der Waals surface area contributed by atoms with Crippen molar-refractivity contribution in [1.82, 2.24) is 0 Å². The number of carbonyl (C=O) groups excluding carboxylic acids is 2. The van der Waals surface area contributed by atoms with Crippen LogP contribution in [0.3, 0.4) is 0 Å². The number of anilines is 2. The van der Waals surface area contributed by atoms with Crippen molar-refractivity contribution in [3.8, 4) is 5.75 Å². The van der Waals surface area contributed by atoms with E-state index in [2.05, 4.69) is 5.32 Å². The zero-order valence-corrected chi connectivity index (χ0v) is 15.9. The van der Waals surface area contributed by atoms with E-state index in [4.69, 9.17) is 4.74 Å². The molecule has 0 spiro atoms. The molecule has 0 saturated heterocycles. The number of nitrogens with zero attached hydrogens (tertiary/aromatic N) is 1. The van der Waals surface area contributed by atoms with Crippen molar-refractivity contribution in [2.75, 3.05) is 23.9 Å². The molecule has 5 heteroatoms. The minimum Gasteiger partial charge on any atom is -0.493 e.